The van der Waals surface area contributed by atoms with Crippen molar-refractivity contribution >= 4 is 45.4 Å². The van der Waals surface area contributed by atoms with Crippen LogP contribution in [-0.2, 0) is 20.7 Å². The Morgan fingerprint density at radius 2 is 2.11 bits per heavy atom. The Balaban J connectivity index is 2.11. The highest BCUT2D eigenvalue weighted by molar-refractivity contribution is 9.10. The van der Waals surface area contributed by atoms with E-state index in [2.05, 4.69) is 31.2 Å². The van der Waals surface area contributed by atoms with Crippen molar-refractivity contribution in [3.8, 4) is 0 Å². The molecule has 0 aliphatic heterocycles. The fourth-order valence-electron chi connectivity index (χ4n) is 2.45. The Morgan fingerprint density at radius 1 is 1.39 bits per heavy atom. The number of halogens is 1. The number of amides is 1. The van der Waals surface area contributed by atoms with Crippen LogP contribution in [0.4, 0.5) is 4.79 Å². The van der Waals surface area contributed by atoms with Gasteiger partial charge < -0.3 is 14.8 Å². The third-order valence-electron chi connectivity index (χ3n) is 3.62. The zero-order valence-corrected chi connectivity index (χ0v) is 19.0. The minimum Gasteiger partial charge on any atom is -0.464 e. The minimum absolute atomic E-state index is 0.0704. The second kappa shape index (κ2) is 9.60. The van der Waals surface area contributed by atoms with E-state index in [4.69, 9.17) is 9.47 Å². The van der Waals surface area contributed by atoms with Crippen molar-refractivity contribution < 1.29 is 19.1 Å². The summed E-state index contributed by atoms with van der Waals surface area (Å²) in [6.07, 6.45) is 6.15. The van der Waals surface area contributed by atoms with E-state index in [1.165, 1.54) is 18.7 Å². The number of nitrogens with zero attached hydrogens (tertiary/aromatic N) is 3. The van der Waals surface area contributed by atoms with Crippen LogP contribution >= 0.6 is 27.7 Å². The molecule has 0 fully saturated rings. The monoisotopic (exact) mass is 472 g/mol. The maximum Gasteiger partial charge on any atom is 0.407 e. The van der Waals surface area contributed by atoms with Gasteiger partial charge in [-0.1, -0.05) is 0 Å². The van der Waals surface area contributed by atoms with Gasteiger partial charge in [0.2, 0.25) is 0 Å². The molecule has 0 aromatic carbocycles. The highest BCUT2D eigenvalue weighted by Gasteiger charge is 2.21. The molecular weight excluding hydrogens is 448 g/mol. The number of fused-ring (bicyclic) bond motifs is 1. The average Bonchev–Trinajstić information content (AvgIpc) is 2.96. The number of thioether (sulfide) groups is 1. The molecule has 0 saturated carbocycles. The molecule has 0 aliphatic carbocycles. The van der Waals surface area contributed by atoms with Gasteiger partial charge in [0.25, 0.3) is 0 Å². The molecule has 2 rings (SSSR count). The van der Waals surface area contributed by atoms with Crippen molar-refractivity contribution in [3.05, 3.63) is 22.7 Å². The third kappa shape index (κ3) is 6.66. The van der Waals surface area contributed by atoms with Gasteiger partial charge in [0.15, 0.2) is 5.65 Å². The summed E-state index contributed by atoms with van der Waals surface area (Å²) < 4.78 is 13.2. The summed E-state index contributed by atoms with van der Waals surface area (Å²) in [5, 5.41) is 3.59. The number of aromatic nitrogens is 3. The number of hydrogen-bond acceptors (Lipinski definition) is 7. The Bertz CT molecular complexity index is 850. The molecule has 0 bridgehead atoms. The summed E-state index contributed by atoms with van der Waals surface area (Å²) in [4.78, 5) is 32.3. The molecule has 1 unspecified atom stereocenters. The van der Waals surface area contributed by atoms with Crippen LogP contribution < -0.4 is 5.32 Å². The third-order valence-corrected chi connectivity index (χ3v) is 4.86. The number of ether oxygens (including phenoxy) is 2. The van der Waals surface area contributed by atoms with Crippen molar-refractivity contribution in [2.24, 2.45) is 0 Å². The number of esters is 1. The lowest BCUT2D eigenvalue weighted by atomic mass is 10.1. The minimum atomic E-state index is -0.608. The Morgan fingerprint density at radius 3 is 2.71 bits per heavy atom. The molecule has 0 aliphatic rings. The molecule has 2 aromatic heterocycles. The van der Waals surface area contributed by atoms with Crippen molar-refractivity contribution in [1.29, 1.82) is 0 Å². The number of nitrogens with one attached hydrogen (secondary N) is 1. The van der Waals surface area contributed by atoms with E-state index in [-0.39, 0.29) is 12.6 Å². The first-order valence-electron chi connectivity index (χ1n) is 8.78. The lowest BCUT2D eigenvalue weighted by molar-refractivity contribution is -0.141. The van der Waals surface area contributed by atoms with Crippen LogP contribution in [0.2, 0.25) is 0 Å². The molecular formula is C18H25BrN4O4S. The van der Waals surface area contributed by atoms with Crippen LogP contribution in [-0.4, -0.2) is 50.9 Å². The van der Waals surface area contributed by atoms with E-state index in [0.29, 0.717) is 12.8 Å². The highest BCUT2D eigenvalue weighted by Crippen LogP contribution is 2.23. The number of hydrogen-bond donors (Lipinski definition) is 1. The van der Waals surface area contributed by atoms with Crippen molar-refractivity contribution in [2.45, 2.75) is 57.2 Å². The van der Waals surface area contributed by atoms with Crippen LogP contribution in [0.5, 0.6) is 0 Å². The zero-order chi connectivity index (χ0) is 20.9. The van der Waals surface area contributed by atoms with Crippen molar-refractivity contribution in [3.63, 3.8) is 0 Å². The van der Waals surface area contributed by atoms with Crippen LogP contribution in [0.25, 0.3) is 5.65 Å². The lowest BCUT2D eigenvalue weighted by Gasteiger charge is -2.23. The van der Waals surface area contributed by atoms with Gasteiger partial charge in [-0.05, 0) is 55.8 Å². The Kier molecular flexibility index (Phi) is 7.70. The zero-order valence-electron chi connectivity index (χ0n) is 16.6. The number of alkyl carbamates (subject to hydrolysis) is 1. The molecule has 1 amide bonds. The predicted molar refractivity (Wildman–Crippen MR) is 111 cm³/mol. The summed E-state index contributed by atoms with van der Waals surface area (Å²) in [7, 11) is 0. The first-order valence-corrected chi connectivity index (χ1v) is 10.8. The van der Waals surface area contributed by atoms with Crippen LogP contribution in [0.1, 0.15) is 39.8 Å². The van der Waals surface area contributed by atoms with E-state index < -0.39 is 17.7 Å². The molecule has 28 heavy (non-hydrogen) atoms. The van der Waals surface area contributed by atoms with Crippen molar-refractivity contribution in [2.75, 3.05) is 12.9 Å². The molecule has 1 atom stereocenters. The molecule has 0 saturated heterocycles. The first-order chi connectivity index (χ1) is 13.1. The second-order valence-corrected chi connectivity index (χ2v) is 8.81. The summed E-state index contributed by atoms with van der Waals surface area (Å²) in [5.74, 6) is -0.400. The van der Waals surface area contributed by atoms with Gasteiger partial charge in [0, 0.05) is 13.1 Å². The fourth-order valence-corrected chi connectivity index (χ4v) is 3.36. The molecule has 0 radical (unpaired) electrons. The van der Waals surface area contributed by atoms with E-state index >= 15 is 0 Å². The Labute approximate surface area is 176 Å². The number of imidazole rings is 1. The smallest absolute Gasteiger partial charge is 0.407 e. The normalized spacial score (nSPS) is 12.6. The van der Waals surface area contributed by atoms with Gasteiger partial charge in [0.05, 0.1) is 17.9 Å². The summed E-state index contributed by atoms with van der Waals surface area (Å²) in [6.45, 7) is 6.78. The average molecular weight is 473 g/mol. The van der Waals surface area contributed by atoms with Crippen LogP contribution in [0.3, 0.4) is 0 Å². The first kappa shape index (κ1) is 22.5. The van der Waals surface area contributed by atoms with Gasteiger partial charge in [0.1, 0.15) is 21.8 Å². The van der Waals surface area contributed by atoms with E-state index in [9.17, 15) is 9.59 Å². The van der Waals surface area contributed by atoms with Crippen LogP contribution in [0, 0.1) is 0 Å². The van der Waals surface area contributed by atoms with Gasteiger partial charge in [-0.2, -0.15) is 0 Å². The molecule has 0 spiro atoms. The largest absolute Gasteiger partial charge is 0.464 e. The molecule has 2 heterocycles. The number of carbonyl (C=O) groups is 2. The molecule has 2 aromatic rings. The van der Waals surface area contributed by atoms with E-state index in [0.717, 1.165) is 21.0 Å². The van der Waals surface area contributed by atoms with Gasteiger partial charge in [-0.3, -0.25) is 9.20 Å². The molecule has 154 valence electrons. The lowest BCUT2D eigenvalue weighted by Crippen LogP contribution is -2.42. The number of carbonyl (C=O) groups excluding carboxylic acids is 2. The fraction of sp³-hybridized carbons (Fsp3) is 0.556. The topological polar surface area (TPSA) is 94.8 Å². The summed E-state index contributed by atoms with van der Waals surface area (Å²) in [5.41, 5.74) is 1.02. The predicted octanol–water partition coefficient (Wildman–Crippen LogP) is 3.60. The van der Waals surface area contributed by atoms with Gasteiger partial charge in [-0.25, -0.2) is 14.8 Å². The number of aryl methyl sites for hydroxylation is 1. The maximum absolute atomic E-state index is 12.1. The molecule has 8 nitrogen and oxygen atoms in total. The van der Waals surface area contributed by atoms with Crippen molar-refractivity contribution in [1.82, 2.24) is 19.7 Å². The summed E-state index contributed by atoms with van der Waals surface area (Å²) in [6, 6.07) is -0.389. The summed E-state index contributed by atoms with van der Waals surface area (Å²) >= 11 is 5.00. The highest BCUT2D eigenvalue weighted by atomic mass is 79.9. The van der Waals surface area contributed by atoms with Crippen LogP contribution in [0.15, 0.2) is 22.0 Å². The second-order valence-electron chi connectivity index (χ2n) is 7.20. The standard InChI is InChI=1S/C18H25BrN4O4S/c1-11(24)26-10-13(22-17(25)27-18(2,3)4)7-6-12-9-23-14(19)8-20-15(23)16(21-12)28-5/h8-9,13H,6-7,10H2,1-5H3,(H,22,25). The quantitative estimate of drug-likeness (QED) is 0.485. The Hall–Kier alpha value is -1.81. The molecule has 1 N–H and O–H groups in total. The number of rotatable bonds is 7. The van der Waals surface area contributed by atoms with Gasteiger partial charge in [-0.15, -0.1) is 11.8 Å². The molecule has 10 heteroatoms. The van der Waals surface area contributed by atoms with E-state index in [1.807, 2.05) is 16.9 Å². The maximum atomic E-state index is 12.1. The van der Waals surface area contributed by atoms with E-state index in [1.54, 1.807) is 27.0 Å². The SMILES string of the molecule is CSc1nc(CCC(COC(C)=O)NC(=O)OC(C)(C)C)cn2c(Br)cnc12. The van der Waals surface area contributed by atoms with Gasteiger partial charge >= 0.3 is 12.1 Å².